The minimum Gasteiger partial charge on any atom is -0.132 e. The van der Waals surface area contributed by atoms with Gasteiger partial charge in [0.05, 0.1) is 0 Å². The molecule has 13 heavy (non-hydrogen) atoms. The molecule has 0 aromatic rings. The van der Waals surface area contributed by atoms with E-state index in [0.717, 1.165) is 12.8 Å². The number of alkyl halides is 1. The fourth-order valence-corrected chi connectivity index (χ4v) is 1.54. The largest absolute Gasteiger partial charge is 0.132 e. The van der Waals surface area contributed by atoms with Crippen LogP contribution in [0.2, 0.25) is 19.6 Å². The standard InChI is InChI=1S/C11H19ClSi/c1-11(10-12)8-6-5-7-9-13(2,3)4/h8H,5-6,10H2,1-4H3/b11-8+. The van der Waals surface area contributed by atoms with E-state index in [1.54, 1.807) is 0 Å². The molecular formula is C11H19ClSi. The van der Waals surface area contributed by atoms with Crippen molar-refractivity contribution in [2.24, 2.45) is 0 Å². The summed E-state index contributed by atoms with van der Waals surface area (Å²) in [6.45, 7) is 8.85. The fourth-order valence-electron chi connectivity index (χ4n) is 0.773. The van der Waals surface area contributed by atoms with Gasteiger partial charge in [-0.2, -0.15) is 0 Å². The van der Waals surface area contributed by atoms with Crippen molar-refractivity contribution in [2.45, 2.75) is 39.4 Å². The molecule has 0 saturated heterocycles. The monoisotopic (exact) mass is 214 g/mol. The molecule has 0 rings (SSSR count). The molecule has 0 saturated carbocycles. The Hall–Kier alpha value is -0.193. The van der Waals surface area contributed by atoms with Crippen molar-refractivity contribution in [3.63, 3.8) is 0 Å². The Bertz CT molecular complexity index is 225. The fraction of sp³-hybridized carbons (Fsp3) is 0.636. The number of unbranched alkanes of at least 4 members (excludes halogenated alkanes) is 1. The van der Waals surface area contributed by atoms with Crippen LogP contribution in [0.15, 0.2) is 11.6 Å². The van der Waals surface area contributed by atoms with Gasteiger partial charge < -0.3 is 0 Å². The van der Waals surface area contributed by atoms with Gasteiger partial charge >= 0.3 is 0 Å². The second-order valence-electron chi connectivity index (χ2n) is 4.27. The highest BCUT2D eigenvalue weighted by molar-refractivity contribution is 6.83. The molecule has 0 atom stereocenters. The highest BCUT2D eigenvalue weighted by Crippen LogP contribution is 2.01. The van der Waals surface area contributed by atoms with Crippen LogP contribution in [0.4, 0.5) is 0 Å². The molecule has 2 heteroatoms. The number of hydrogen-bond acceptors (Lipinski definition) is 0. The Kier molecular flexibility index (Phi) is 6.20. The molecule has 74 valence electrons. The zero-order valence-electron chi connectivity index (χ0n) is 9.08. The Morgan fingerprint density at radius 3 is 2.46 bits per heavy atom. The Morgan fingerprint density at radius 2 is 2.00 bits per heavy atom. The van der Waals surface area contributed by atoms with E-state index in [4.69, 9.17) is 11.6 Å². The lowest BCUT2D eigenvalue weighted by atomic mass is 10.2. The zero-order chi connectivity index (χ0) is 10.3. The van der Waals surface area contributed by atoms with Gasteiger partial charge in [0.25, 0.3) is 0 Å². The third-order valence-corrected chi connectivity index (χ3v) is 2.78. The molecule has 0 aromatic carbocycles. The van der Waals surface area contributed by atoms with Gasteiger partial charge in [-0.3, -0.25) is 0 Å². The summed E-state index contributed by atoms with van der Waals surface area (Å²) >= 11 is 5.64. The van der Waals surface area contributed by atoms with Gasteiger partial charge in [-0.15, -0.1) is 23.1 Å². The van der Waals surface area contributed by atoms with Gasteiger partial charge in [0, 0.05) is 12.3 Å². The second-order valence-corrected chi connectivity index (χ2v) is 9.29. The minimum absolute atomic E-state index is 0.640. The maximum absolute atomic E-state index is 5.64. The van der Waals surface area contributed by atoms with E-state index in [1.165, 1.54) is 5.57 Å². The molecule has 0 aliphatic carbocycles. The molecule has 0 radical (unpaired) electrons. The molecule has 0 heterocycles. The van der Waals surface area contributed by atoms with E-state index in [2.05, 4.69) is 44.1 Å². The van der Waals surface area contributed by atoms with Crippen molar-refractivity contribution in [1.82, 2.24) is 0 Å². The summed E-state index contributed by atoms with van der Waals surface area (Å²) in [5.41, 5.74) is 4.59. The second kappa shape index (κ2) is 6.29. The number of hydrogen-bond donors (Lipinski definition) is 0. The Morgan fingerprint density at radius 1 is 1.38 bits per heavy atom. The highest BCUT2D eigenvalue weighted by atomic mass is 35.5. The van der Waals surface area contributed by atoms with Gasteiger partial charge in [0.15, 0.2) is 0 Å². The van der Waals surface area contributed by atoms with Crippen LogP contribution in [0.25, 0.3) is 0 Å². The van der Waals surface area contributed by atoms with Gasteiger partial charge in [-0.05, 0) is 13.3 Å². The van der Waals surface area contributed by atoms with Crippen LogP contribution in [-0.4, -0.2) is 14.0 Å². The number of allylic oxidation sites excluding steroid dienone is 2. The summed E-state index contributed by atoms with van der Waals surface area (Å²) in [6, 6.07) is 0. The van der Waals surface area contributed by atoms with Gasteiger partial charge in [-0.25, -0.2) is 0 Å². The minimum atomic E-state index is -1.15. The first-order valence-electron chi connectivity index (χ1n) is 4.67. The van der Waals surface area contributed by atoms with Crippen LogP contribution in [0.3, 0.4) is 0 Å². The van der Waals surface area contributed by atoms with Crippen LogP contribution in [0.5, 0.6) is 0 Å². The van der Waals surface area contributed by atoms with Crippen molar-refractivity contribution in [3.8, 4) is 11.5 Å². The highest BCUT2D eigenvalue weighted by Gasteiger charge is 2.06. The lowest BCUT2D eigenvalue weighted by Crippen LogP contribution is -2.16. The van der Waals surface area contributed by atoms with Crippen molar-refractivity contribution >= 4 is 19.7 Å². The first kappa shape index (κ1) is 12.8. The quantitative estimate of drug-likeness (QED) is 0.220. The summed E-state index contributed by atoms with van der Waals surface area (Å²) < 4.78 is 0. The third kappa shape index (κ3) is 9.72. The molecule has 0 amide bonds. The first-order chi connectivity index (χ1) is 5.95. The molecule has 0 spiro atoms. The average molecular weight is 215 g/mol. The Balaban J connectivity index is 3.73. The Labute approximate surface area is 88.4 Å². The van der Waals surface area contributed by atoms with E-state index >= 15 is 0 Å². The van der Waals surface area contributed by atoms with Crippen LogP contribution >= 0.6 is 11.6 Å². The van der Waals surface area contributed by atoms with E-state index in [0.29, 0.717) is 5.88 Å². The zero-order valence-corrected chi connectivity index (χ0v) is 10.8. The first-order valence-corrected chi connectivity index (χ1v) is 8.71. The predicted octanol–water partition coefficient (Wildman–Crippen LogP) is 3.83. The lowest BCUT2D eigenvalue weighted by Gasteiger charge is -2.02. The van der Waals surface area contributed by atoms with Gasteiger partial charge in [-0.1, -0.05) is 31.3 Å². The van der Waals surface area contributed by atoms with E-state index in [1.807, 2.05) is 0 Å². The van der Waals surface area contributed by atoms with Gasteiger partial charge in [0.2, 0.25) is 0 Å². The molecule has 0 aliphatic heterocycles. The summed E-state index contributed by atoms with van der Waals surface area (Å²) in [6.07, 6.45) is 4.18. The van der Waals surface area contributed by atoms with Crippen molar-refractivity contribution < 1.29 is 0 Å². The van der Waals surface area contributed by atoms with E-state index < -0.39 is 8.07 Å². The smallest absolute Gasteiger partial charge is 0.129 e. The lowest BCUT2D eigenvalue weighted by molar-refractivity contribution is 1.06. The van der Waals surface area contributed by atoms with Crippen LogP contribution < -0.4 is 0 Å². The summed E-state index contributed by atoms with van der Waals surface area (Å²) in [7, 11) is -1.15. The van der Waals surface area contributed by atoms with Crippen molar-refractivity contribution in [1.29, 1.82) is 0 Å². The van der Waals surface area contributed by atoms with Crippen LogP contribution in [0.1, 0.15) is 19.8 Å². The summed E-state index contributed by atoms with van der Waals surface area (Å²) in [4.78, 5) is 0. The molecule has 0 aliphatic rings. The average Bonchev–Trinajstić information content (AvgIpc) is 2.01. The normalized spacial score (nSPS) is 12.2. The van der Waals surface area contributed by atoms with Crippen molar-refractivity contribution in [2.75, 3.05) is 5.88 Å². The third-order valence-electron chi connectivity index (χ3n) is 1.44. The maximum Gasteiger partial charge on any atom is 0.129 e. The molecule has 0 nitrogen and oxygen atoms in total. The van der Waals surface area contributed by atoms with Gasteiger partial charge in [0.1, 0.15) is 8.07 Å². The summed E-state index contributed by atoms with van der Waals surface area (Å²) in [5, 5.41) is 0. The molecule has 0 fully saturated rings. The van der Waals surface area contributed by atoms with E-state index in [-0.39, 0.29) is 0 Å². The number of halogens is 1. The SMILES string of the molecule is C/C(=C\CCC#C[Si](C)(C)C)CCl. The predicted molar refractivity (Wildman–Crippen MR) is 64.8 cm³/mol. The van der Waals surface area contributed by atoms with Crippen molar-refractivity contribution in [3.05, 3.63) is 11.6 Å². The molecule has 0 unspecified atom stereocenters. The molecule has 0 aromatic heterocycles. The van der Waals surface area contributed by atoms with Crippen LogP contribution in [-0.2, 0) is 0 Å². The number of rotatable bonds is 3. The molecule has 0 bridgehead atoms. The maximum atomic E-state index is 5.64. The summed E-state index contributed by atoms with van der Waals surface area (Å²) in [5.74, 6) is 3.87. The van der Waals surface area contributed by atoms with E-state index in [9.17, 15) is 0 Å². The topological polar surface area (TPSA) is 0 Å². The van der Waals surface area contributed by atoms with Crippen LogP contribution in [0, 0.1) is 11.5 Å². The molecular weight excluding hydrogens is 196 g/mol. The molecule has 0 N–H and O–H groups in total.